The van der Waals surface area contributed by atoms with Crippen molar-refractivity contribution in [3.63, 3.8) is 0 Å². The van der Waals surface area contributed by atoms with Gasteiger partial charge >= 0.3 is 0 Å². The van der Waals surface area contributed by atoms with Crippen molar-refractivity contribution >= 4 is 5.70 Å². The summed E-state index contributed by atoms with van der Waals surface area (Å²) in [6.45, 7) is 4.07. The molecule has 0 aliphatic heterocycles. The van der Waals surface area contributed by atoms with Crippen LogP contribution in [-0.2, 0) is 0 Å². The van der Waals surface area contributed by atoms with Crippen molar-refractivity contribution in [1.29, 1.82) is 0 Å². The van der Waals surface area contributed by atoms with Crippen LogP contribution < -0.4 is 0 Å². The van der Waals surface area contributed by atoms with Crippen LogP contribution in [0, 0.1) is 0 Å². The van der Waals surface area contributed by atoms with Crippen molar-refractivity contribution in [3.05, 3.63) is 54.7 Å². The first-order chi connectivity index (χ1) is 12.1. The van der Waals surface area contributed by atoms with E-state index >= 15 is 0 Å². The smallest absolute Gasteiger partial charge is 0.267 e. The number of rotatable bonds is 5. The minimum atomic E-state index is 0.425. The Hall–Kier alpha value is -3.02. The molecule has 2 heterocycles. The molecule has 6 nitrogen and oxygen atoms in total. The number of nitrogens with zero attached hydrogens (tertiary/aromatic N) is 5. The van der Waals surface area contributed by atoms with E-state index in [4.69, 9.17) is 4.42 Å². The van der Waals surface area contributed by atoms with Crippen molar-refractivity contribution in [2.45, 2.75) is 18.8 Å². The molecule has 126 valence electrons. The molecule has 0 amide bonds. The first kappa shape index (κ1) is 15.5. The van der Waals surface area contributed by atoms with Gasteiger partial charge in [-0.05, 0) is 18.4 Å². The Morgan fingerprint density at radius 2 is 1.80 bits per heavy atom. The molecule has 1 fully saturated rings. The van der Waals surface area contributed by atoms with Crippen LogP contribution in [0.4, 0.5) is 0 Å². The highest BCUT2D eigenvalue weighted by atomic mass is 16.4. The molecular weight excluding hydrogens is 314 g/mol. The van der Waals surface area contributed by atoms with Crippen LogP contribution in [0.3, 0.4) is 0 Å². The highest BCUT2D eigenvalue weighted by Crippen LogP contribution is 2.39. The molecule has 6 heteroatoms. The van der Waals surface area contributed by atoms with Crippen LogP contribution in [0.25, 0.3) is 28.5 Å². The highest BCUT2D eigenvalue weighted by molar-refractivity contribution is 5.67. The van der Waals surface area contributed by atoms with E-state index in [9.17, 15) is 0 Å². The van der Waals surface area contributed by atoms with Crippen LogP contribution >= 0.6 is 0 Å². The van der Waals surface area contributed by atoms with Crippen molar-refractivity contribution in [3.8, 4) is 22.8 Å². The van der Waals surface area contributed by atoms with Gasteiger partial charge < -0.3 is 9.32 Å². The summed E-state index contributed by atoms with van der Waals surface area (Å²) >= 11 is 0. The lowest BCUT2D eigenvalue weighted by Crippen LogP contribution is -2.08. The molecule has 1 aliphatic rings. The van der Waals surface area contributed by atoms with Crippen molar-refractivity contribution in [1.82, 2.24) is 25.1 Å². The second-order valence-electron chi connectivity index (χ2n) is 6.43. The Morgan fingerprint density at radius 1 is 1.08 bits per heavy atom. The van der Waals surface area contributed by atoms with Gasteiger partial charge in [-0.2, -0.15) is 0 Å². The fourth-order valence-corrected chi connectivity index (χ4v) is 2.53. The van der Waals surface area contributed by atoms with Crippen molar-refractivity contribution in [2.75, 3.05) is 14.1 Å². The Labute approximate surface area is 146 Å². The molecule has 4 rings (SSSR count). The van der Waals surface area contributed by atoms with Gasteiger partial charge in [-0.25, -0.2) is 4.98 Å². The molecule has 25 heavy (non-hydrogen) atoms. The maximum atomic E-state index is 5.72. The first-order valence-corrected chi connectivity index (χ1v) is 8.24. The monoisotopic (exact) mass is 333 g/mol. The van der Waals surface area contributed by atoms with Gasteiger partial charge in [0.15, 0.2) is 0 Å². The standard InChI is InChI=1S/C19H19N5O/c1-12(24(2)3)13-4-6-14(7-5-13)16-10-20-11-17(21-16)19-23-22-18(25-19)15-8-9-15/h4-7,10-11,15H,1,8-9H2,2-3H3. The highest BCUT2D eigenvalue weighted by Gasteiger charge is 2.29. The molecule has 2 aromatic heterocycles. The van der Waals surface area contributed by atoms with E-state index in [1.165, 1.54) is 0 Å². The lowest BCUT2D eigenvalue weighted by atomic mass is 10.1. The minimum absolute atomic E-state index is 0.425. The van der Waals surface area contributed by atoms with Gasteiger partial charge in [-0.1, -0.05) is 30.8 Å². The molecule has 0 bridgehead atoms. The second-order valence-corrected chi connectivity index (χ2v) is 6.43. The lowest BCUT2D eigenvalue weighted by Gasteiger charge is -2.15. The third-order valence-electron chi connectivity index (χ3n) is 4.27. The zero-order valence-corrected chi connectivity index (χ0v) is 14.3. The van der Waals surface area contributed by atoms with Crippen LogP contribution in [0.2, 0.25) is 0 Å². The van der Waals surface area contributed by atoms with E-state index < -0.39 is 0 Å². The molecule has 0 unspecified atom stereocenters. The Bertz CT molecular complexity index is 910. The fraction of sp³-hybridized carbons (Fsp3) is 0.263. The molecule has 3 aromatic rings. The number of benzene rings is 1. The summed E-state index contributed by atoms with van der Waals surface area (Å²) in [7, 11) is 3.96. The third kappa shape index (κ3) is 3.15. The Morgan fingerprint density at radius 3 is 2.48 bits per heavy atom. The predicted octanol–water partition coefficient (Wildman–Crippen LogP) is 3.60. The molecule has 1 aromatic carbocycles. The van der Waals surface area contributed by atoms with Gasteiger partial charge in [-0.15, -0.1) is 10.2 Å². The van der Waals surface area contributed by atoms with Crippen LogP contribution in [0.1, 0.15) is 30.2 Å². The Balaban J connectivity index is 1.61. The molecule has 0 atom stereocenters. The van der Waals surface area contributed by atoms with Crippen molar-refractivity contribution in [2.24, 2.45) is 0 Å². The van der Waals surface area contributed by atoms with Gasteiger partial charge in [0.05, 0.1) is 18.1 Å². The fourth-order valence-electron chi connectivity index (χ4n) is 2.53. The molecule has 0 saturated heterocycles. The average molecular weight is 333 g/mol. The van der Waals surface area contributed by atoms with Gasteiger partial charge in [0.1, 0.15) is 5.69 Å². The number of aromatic nitrogens is 4. The molecule has 0 N–H and O–H groups in total. The molecule has 0 radical (unpaired) electrons. The summed E-state index contributed by atoms with van der Waals surface area (Å²) in [4.78, 5) is 10.9. The maximum Gasteiger partial charge on any atom is 0.267 e. The Kier molecular flexibility index (Phi) is 3.80. The summed E-state index contributed by atoms with van der Waals surface area (Å²) < 4.78 is 5.72. The molecule has 1 aliphatic carbocycles. The normalized spacial score (nSPS) is 13.7. The van der Waals surface area contributed by atoms with Gasteiger partial charge in [0, 0.05) is 31.3 Å². The van der Waals surface area contributed by atoms with Gasteiger partial charge in [0.2, 0.25) is 5.89 Å². The second kappa shape index (κ2) is 6.12. The first-order valence-electron chi connectivity index (χ1n) is 8.24. The zero-order chi connectivity index (χ0) is 17.4. The van der Waals surface area contributed by atoms with E-state index in [-0.39, 0.29) is 0 Å². The van der Waals surface area contributed by atoms with E-state index in [1.807, 2.05) is 43.3 Å². The maximum absolute atomic E-state index is 5.72. The summed E-state index contributed by atoms with van der Waals surface area (Å²) in [6, 6.07) is 8.09. The minimum Gasteiger partial charge on any atom is -0.419 e. The summed E-state index contributed by atoms with van der Waals surface area (Å²) in [5.74, 6) is 1.55. The van der Waals surface area contributed by atoms with Crippen molar-refractivity contribution < 1.29 is 4.42 Å². The molecule has 0 spiro atoms. The van der Waals surface area contributed by atoms with E-state index in [2.05, 4.69) is 26.7 Å². The van der Waals surface area contributed by atoms with E-state index in [0.717, 1.165) is 35.4 Å². The summed E-state index contributed by atoms with van der Waals surface area (Å²) in [6.07, 6.45) is 5.63. The van der Waals surface area contributed by atoms with Crippen LogP contribution in [-0.4, -0.2) is 39.2 Å². The molecule has 1 saturated carbocycles. The van der Waals surface area contributed by atoms with Gasteiger partial charge in [0.25, 0.3) is 5.89 Å². The quantitative estimate of drug-likeness (QED) is 0.710. The topological polar surface area (TPSA) is 67.9 Å². The third-order valence-corrected chi connectivity index (χ3v) is 4.27. The largest absolute Gasteiger partial charge is 0.419 e. The van der Waals surface area contributed by atoms with E-state index in [1.54, 1.807) is 12.4 Å². The van der Waals surface area contributed by atoms with E-state index in [0.29, 0.717) is 23.4 Å². The summed E-state index contributed by atoms with van der Waals surface area (Å²) in [5, 5.41) is 8.21. The zero-order valence-electron chi connectivity index (χ0n) is 14.3. The SMILES string of the molecule is C=C(c1ccc(-c2cncc(-c3nnc(C4CC4)o3)n2)cc1)N(C)C. The van der Waals surface area contributed by atoms with Gasteiger partial charge in [-0.3, -0.25) is 4.98 Å². The molecular formula is C19H19N5O. The lowest BCUT2D eigenvalue weighted by molar-refractivity contribution is 0.506. The van der Waals surface area contributed by atoms with Crippen LogP contribution in [0.5, 0.6) is 0 Å². The number of hydrogen-bond acceptors (Lipinski definition) is 6. The average Bonchev–Trinajstić information content (AvgIpc) is 3.38. The predicted molar refractivity (Wildman–Crippen MR) is 95.5 cm³/mol. The number of hydrogen-bond donors (Lipinski definition) is 0. The summed E-state index contributed by atoms with van der Waals surface area (Å²) in [5.41, 5.74) is 4.38. The van der Waals surface area contributed by atoms with Crippen LogP contribution in [0.15, 0.2) is 47.7 Å².